The third kappa shape index (κ3) is 2.82. The second kappa shape index (κ2) is 5.62. The quantitative estimate of drug-likeness (QED) is 0.835. The first-order valence-electron chi connectivity index (χ1n) is 6.90. The van der Waals surface area contributed by atoms with Crippen LogP contribution in [0.15, 0.2) is 12.3 Å². The van der Waals surface area contributed by atoms with Crippen LogP contribution >= 0.6 is 0 Å². The Morgan fingerprint density at radius 3 is 2.85 bits per heavy atom. The molecule has 7 nitrogen and oxygen atoms in total. The number of morpholine rings is 1. The number of hydrogen-bond donors (Lipinski definition) is 1. The molecule has 2 aliphatic heterocycles. The molecule has 0 aliphatic carbocycles. The summed E-state index contributed by atoms with van der Waals surface area (Å²) >= 11 is 0. The maximum Gasteiger partial charge on any atom is 0.227 e. The first-order chi connectivity index (χ1) is 9.72. The summed E-state index contributed by atoms with van der Waals surface area (Å²) in [6.07, 6.45) is 1.77. The van der Waals surface area contributed by atoms with Crippen molar-refractivity contribution in [2.75, 3.05) is 49.6 Å². The van der Waals surface area contributed by atoms with Crippen LogP contribution in [-0.2, 0) is 9.53 Å². The van der Waals surface area contributed by atoms with Crippen LogP contribution < -0.4 is 10.2 Å². The standard InChI is InChI=1S/C13H19N5O2/c1-10(19)18-8-11(9-18)15-12-2-3-14-13(16-12)17-4-6-20-7-5-17/h2-3,11H,4-9H2,1H3,(H,14,15,16). The van der Waals surface area contributed by atoms with Gasteiger partial charge < -0.3 is 19.9 Å². The van der Waals surface area contributed by atoms with Gasteiger partial charge in [0, 0.05) is 39.3 Å². The van der Waals surface area contributed by atoms with E-state index in [1.54, 1.807) is 13.1 Å². The summed E-state index contributed by atoms with van der Waals surface area (Å²) in [6.45, 7) is 6.17. The summed E-state index contributed by atoms with van der Waals surface area (Å²) in [4.78, 5) is 23.9. The zero-order chi connectivity index (χ0) is 13.9. The Morgan fingerprint density at radius 1 is 1.40 bits per heavy atom. The molecule has 1 amide bonds. The van der Waals surface area contributed by atoms with Crippen LogP contribution in [0.25, 0.3) is 0 Å². The molecule has 0 radical (unpaired) electrons. The van der Waals surface area contributed by atoms with Crippen molar-refractivity contribution in [3.05, 3.63) is 12.3 Å². The third-order valence-corrected chi connectivity index (χ3v) is 3.62. The Hall–Kier alpha value is -1.89. The molecule has 1 aromatic rings. The van der Waals surface area contributed by atoms with Crippen LogP contribution in [0.5, 0.6) is 0 Å². The van der Waals surface area contributed by atoms with E-state index in [0.29, 0.717) is 0 Å². The highest BCUT2D eigenvalue weighted by molar-refractivity contribution is 5.74. The van der Waals surface area contributed by atoms with Crippen molar-refractivity contribution >= 4 is 17.7 Å². The van der Waals surface area contributed by atoms with E-state index in [-0.39, 0.29) is 11.9 Å². The van der Waals surface area contributed by atoms with E-state index in [1.807, 2.05) is 11.0 Å². The molecule has 0 saturated carbocycles. The molecule has 108 valence electrons. The Labute approximate surface area is 117 Å². The number of anilines is 2. The number of nitrogens with one attached hydrogen (secondary N) is 1. The average molecular weight is 277 g/mol. The van der Waals surface area contributed by atoms with E-state index >= 15 is 0 Å². The predicted octanol–water partition coefficient (Wildman–Crippen LogP) is -0.0442. The molecule has 3 rings (SSSR count). The minimum absolute atomic E-state index is 0.125. The van der Waals surface area contributed by atoms with Crippen LogP contribution in [0.3, 0.4) is 0 Å². The predicted molar refractivity (Wildman–Crippen MR) is 74.7 cm³/mol. The van der Waals surface area contributed by atoms with Crippen molar-refractivity contribution in [2.45, 2.75) is 13.0 Å². The van der Waals surface area contributed by atoms with Gasteiger partial charge in [0.1, 0.15) is 5.82 Å². The summed E-state index contributed by atoms with van der Waals surface area (Å²) in [5.74, 6) is 1.68. The molecule has 2 aliphatic rings. The molecule has 1 aromatic heterocycles. The van der Waals surface area contributed by atoms with Crippen LogP contribution in [0.4, 0.5) is 11.8 Å². The van der Waals surface area contributed by atoms with Gasteiger partial charge in [-0.3, -0.25) is 4.79 Å². The highest BCUT2D eigenvalue weighted by Crippen LogP contribution is 2.16. The smallest absolute Gasteiger partial charge is 0.227 e. The average Bonchev–Trinajstić information content (AvgIpc) is 2.43. The van der Waals surface area contributed by atoms with Crippen molar-refractivity contribution in [1.29, 1.82) is 0 Å². The lowest BCUT2D eigenvalue weighted by atomic mass is 10.1. The number of ether oxygens (including phenoxy) is 1. The van der Waals surface area contributed by atoms with Crippen molar-refractivity contribution in [3.8, 4) is 0 Å². The van der Waals surface area contributed by atoms with Gasteiger partial charge in [-0.15, -0.1) is 0 Å². The summed E-state index contributed by atoms with van der Waals surface area (Å²) in [6, 6.07) is 2.15. The van der Waals surface area contributed by atoms with Crippen LogP contribution in [0.1, 0.15) is 6.92 Å². The molecule has 0 atom stereocenters. The Morgan fingerprint density at radius 2 is 2.15 bits per heavy atom. The number of aromatic nitrogens is 2. The summed E-state index contributed by atoms with van der Waals surface area (Å²) in [7, 11) is 0. The number of carbonyl (C=O) groups is 1. The van der Waals surface area contributed by atoms with Crippen LogP contribution in [-0.4, -0.2) is 66.2 Å². The number of amides is 1. The lowest BCUT2D eigenvalue weighted by molar-refractivity contribution is -0.132. The second-order valence-electron chi connectivity index (χ2n) is 5.11. The first kappa shape index (κ1) is 13.1. The van der Waals surface area contributed by atoms with Crippen molar-refractivity contribution in [1.82, 2.24) is 14.9 Å². The van der Waals surface area contributed by atoms with E-state index in [1.165, 1.54) is 0 Å². The lowest BCUT2D eigenvalue weighted by Crippen LogP contribution is -2.56. The molecule has 1 N–H and O–H groups in total. The Balaban J connectivity index is 1.59. The van der Waals surface area contributed by atoms with Gasteiger partial charge in [-0.25, -0.2) is 4.98 Å². The van der Waals surface area contributed by atoms with Crippen LogP contribution in [0.2, 0.25) is 0 Å². The molecule has 2 saturated heterocycles. The molecule has 0 unspecified atom stereocenters. The van der Waals surface area contributed by atoms with Gasteiger partial charge in [-0.1, -0.05) is 0 Å². The number of carbonyl (C=O) groups excluding carboxylic acids is 1. The zero-order valence-electron chi connectivity index (χ0n) is 11.6. The molecule has 20 heavy (non-hydrogen) atoms. The highest BCUT2D eigenvalue weighted by Gasteiger charge is 2.28. The molecule has 0 spiro atoms. The minimum atomic E-state index is 0.125. The van der Waals surface area contributed by atoms with Gasteiger partial charge in [0.2, 0.25) is 11.9 Å². The van der Waals surface area contributed by atoms with Gasteiger partial charge in [0.25, 0.3) is 0 Å². The van der Waals surface area contributed by atoms with E-state index in [4.69, 9.17) is 4.74 Å². The third-order valence-electron chi connectivity index (χ3n) is 3.62. The van der Waals surface area contributed by atoms with E-state index in [0.717, 1.165) is 51.2 Å². The fraction of sp³-hybridized carbons (Fsp3) is 0.615. The zero-order valence-corrected chi connectivity index (χ0v) is 11.6. The van der Waals surface area contributed by atoms with Gasteiger partial charge >= 0.3 is 0 Å². The topological polar surface area (TPSA) is 70.6 Å². The van der Waals surface area contributed by atoms with Gasteiger partial charge in [-0.05, 0) is 6.07 Å². The van der Waals surface area contributed by atoms with Crippen molar-refractivity contribution in [3.63, 3.8) is 0 Å². The molecule has 0 bridgehead atoms. The Bertz CT molecular complexity index is 483. The normalized spacial score (nSPS) is 19.6. The molecule has 0 aromatic carbocycles. The fourth-order valence-electron chi connectivity index (χ4n) is 2.38. The molecule has 2 fully saturated rings. The monoisotopic (exact) mass is 277 g/mol. The highest BCUT2D eigenvalue weighted by atomic mass is 16.5. The summed E-state index contributed by atoms with van der Waals surface area (Å²) in [5, 5.41) is 3.34. The van der Waals surface area contributed by atoms with E-state index < -0.39 is 0 Å². The first-order valence-corrected chi connectivity index (χ1v) is 6.90. The summed E-state index contributed by atoms with van der Waals surface area (Å²) < 4.78 is 5.33. The SMILES string of the molecule is CC(=O)N1CC(Nc2ccnc(N3CCOCC3)n2)C1. The lowest BCUT2D eigenvalue weighted by Gasteiger charge is -2.39. The van der Waals surface area contributed by atoms with E-state index in [9.17, 15) is 4.79 Å². The van der Waals surface area contributed by atoms with Gasteiger partial charge in [-0.2, -0.15) is 4.98 Å². The van der Waals surface area contributed by atoms with Gasteiger partial charge in [0.15, 0.2) is 0 Å². The largest absolute Gasteiger partial charge is 0.378 e. The number of rotatable bonds is 3. The number of likely N-dealkylation sites (tertiary alicyclic amines) is 1. The van der Waals surface area contributed by atoms with Gasteiger partial charge in [0.05, 0.1) is 19.3 Å². The minimum Gasteiger partial charge on any atom is -0.378 e. The van der Waals surface area contributed by atoms with E-state index in [2.05, 4.69) is 20.2 Å². The maximum atomic E-state index is 11.1. The van der Waals surface area contributed by atoms with Crippen LogP contribution in [0, 0.1) is 0 Å². The summed E-state index contributed by atoms with van der Waals surface area (Å²) in [5.41, 5.74) is 0. The fourth-order valence-corrected chi connectivity index (χ4v) is 2.38. The molecule has 3 heterocycles. The Kier molecular flexibility index (Phi) is 3.68. The maximum absolute atomic E-state index is 11.1. The molecular formula is C13H19N5O2. The van der Waals surface area contributed by atoms with Crippen molar-refractivity contribution in [2.24, 2.45) is 0 Å². The molecular weight excluding hydrogens is 258 g/mol. The number of nitrogens with zero attached hydrogens (tertiary/aromatic N) is 4. The number of hydrogen-bond acceptors (Lipinski definition) is 6. The molecule has 7 heteroatoms. The van der Waals surface area contributed by atoms with Crippen molar-refractivity contribution < 1.29 is 9.53 Å². The second-order valence-corrected chi connectivity index (χ2v) is 5.11.